The van der Waals surface area contributed by atoms with Gasteiger partial charge in [-0.05, 0) is 30.5 Å². The van der Waals surface area contributed by atoms with Gasteiger partial charge in [0.25, 0.3) is 0 Å². The van der Waals surface area contributed by atoms with Gasteiger partial charge < -0.3 is 9.84 Å². The minimum absolute atomic E-state index is 0.438. The highest BCUT2D eigenvalue weighted by Gasteiger charge is 2.16. The van der Waals surface area contributed by atoms with Crippen molar-refractivity contribution < 1.29 is 14.6 Å². The second-order valence-corrected chi connectivity index (χ2v) is 4.14. The average molecular weight is 257 g/mol. The van der Waals surface area contributed by atoms with Crippen molar-refractivity contribution in [2.45, 2.75) is 25.7 Å². The molecule has 0 saturated heterocycles. The van der Waals surface area contributed by atoms with Gasteiger partial charge in [0, 0.05) is 5.88 Å². The molecule has 1 aromatic rings. The van der Waals surface area contributed by atoms with Gasteiger partial charge in [-0.3, -0.25) is 4.79 Å². The van der Waals surface area contributed by atoms with Crippen LogP contribution in [0.5, 0.6) is 5.75 Å². The van der Waals surface area contributed by atoms with Crippen LogP contribution in [0.1, 0.15) is 31.2 Å². The molecule has 1 atom stereocenters. The van der Waals surface area contributed by atoms with Gasteiger partial charge in [0.1, 0.15) is 5.75 Å². The first kappa shape index (κ1) is 13.8. The molecule has 1 N–H and O–H groups in total. The van der Waals surface area contributed by atoms with Crippen molar-refractivity contribution >= 4 is 17.6 Å². The molecular formula is C13H17ClO3. The predicted molar refractivity (Wildman–Crippen MR) is 67.9 cm³/mol. The number of carboxylic acids is 1. The van der Waals surface area contributed by atoms with E-state index in [2.05, 4.69) is 0 Å². The number of hydrogen-bond donors (Lipinski definition) is 1. The molecule has 0 bridgehead atoms. The fourth-order valence-corrected chi connectivity index (χ4v) is 1.70. The summed E-state index contributed by atoms with van der Waals surface area (Å²) in [5.74, 6) is 0.101. The molecule has 17 heavy (non-hydrogen) atoms. The van der Waals surface area contributed by atoms with Crippen molar-refractivity contribution in [1.29, 1.82) is 0 Å². The number of rotatable bonds is 7. The van der Waals surface area contributed by atoms with Crippen molar-refractivity contribution in [1.82, 2.24) is 0 Å². The van der Waals surface area contributed by atoms with Crippen LogP contribution >= 0.6 is 11.6 Å². The lowest BCUT2D eigenvalue weighted by Gasteiger charge is -2.11. The molecule has 1 unspecified atom stereocenters. The number of ether oxygens (including phenoxy) is 1. The first-order valence-electron chi connectivity index (χ1n) is 5.70. The molecule has 0 fully saturated rings. The normalized spacial score (nSPS) is 12.1. The molecule has 0 aliphatic rings. The standard InChI is InChI=1S/C13H17ClO3/c1-2-12(13(15)16)10-4-6-11(7-5-10)17-9-3-8-14/h4-7,12H,2-3,8-9H2,1H3,(H,15,16). The van der Waals surface area contributed by atoms with E-state index < -0.39 is 11.9 Å². The van der Waals surface area contributed by atoms with Gasteiger partial charge in [-0.15, -0.1) is 11.6 Å². The van der Waals surface area contributed by atoms with Gasteiger partial charge in [-0.1, -0.05) is 19.1 Å². The second kappa shape index (κ2) is 7.17. The third-order valence-corrected chi connectivity index (χ3v) is 2.80. The van der Waals surface area contributed by atoms with E-state index in [0.717, 1.165) is 17.7 Å². The minimum Gasteiger partial charge on any atom is -0.494 e. The summed E-state index contributed by atoms with van der Waals surface area (Å²) in [6, 6.07) is 7.21. The summed E-state index contributed by atoms with van der Waals surface area (Å²) in [4.78, 5) is 11.0. The zero-order valence-electron chi connectivity index (χ0n) is 9.86. The second-order valence-electron chi connectivity index (χ2n) is 3.76. The summed E-state index contributed by atoms with van der Waals surface area (Å²) in [6.07, 6.45) is 1.39. The zero-order chi connectivity index (χ0) is 12.7. The molecule has 0 saturated carbocycles. The topological polar surface area (TPSA) is 46.5 Å². The van der Waals surface area contributed by atoms with Crippen molar-refractivity contribution in [3.05, 3.63) is 29.8 Å². The van der Waals surface area contributed by atoms with E-state index in [1.807, 2.05) is 6.92 Å². The van der Waals surface area contributed by atoms with Gasteiger partial charge in [0.15, 0.2) is 0 Å². The van der Waals surface area contributed by atoms with E-state index in [1.54, 1.807) is 24.3 Å². The average Bonchev–Trinajstić information content (AvgIpc) is 2.32. The Kier molecular flexibility index (Phi) is 5.84. The van der Waals surface area contributed by atoms with Crippen molar-refractivity contribution in [2.24, 2.45) is 0 Å². The van der Waals surface area contributed by atoms with Crippen LogP contribution in [-0.2, 0) is 4.79 Å². The monoisotopic (exact) mass is 256 g/mol. The van der Waals surface area contributed by atoms with Crippen LogP contribution < -0.4 is 4.74 Å². The Morgan fingerprint density at radius 1 is 1.41 bits per heavy atom. The summed E-state index contributed by atoms with van der Waals surface area (Å²) < 4.78 is 5.44. The number of benzene rings is 1. The molecule has 0 aliphatic heterocycles. The number of hydrogen-bond acceptors (Lipinski definition) is 2. The summed E-state index contributed by atoms with van der Waals surface area (Å²) in [5, 5.41) is 9.02. The van der Waals surface area contributed by atoms with Gasteiger partial charge in [0.05, 0.1) is 12.5 Å². The fourth-order valence-electron chi connectivity index (χ4n) is 1.59. The number of halogens is 1. The van der Waals surface area contributed by atoms with E-state index in [4.69, 9.17) is 21.4 Å². The molecule has 0 spiro atoms. The summed E-state index contributed by atoms with van der Waals surface area (Å²) >= 11 is 5.54. The maximum Gasteiger partial charge on any atom is 0.310 e. The van der Waals surface area contributed by atoms with Crippen LogP contribution in [0.15, 0.2) is 24.3 Å². The highest BCUT2D eigenvalue weighted by atomic mass is 35.5. The van der Waals surface area contributed by atoms with E-state index in [1.165, 1.54) is 0 Å². The van der Waals surface area contributed by atoms with Gasteiger partial charge in [0.2, 0.25) is 0 Å². The van der Waals surface area contributed by atoms with E-state index >= 15 is 0 Å². The maximum atomic E-state index is 11.0. The summed E-state index contributed by atoms with van der Waals surface area (Å²) in [7, 11) is 0. The minimum atomic E-state index is -0.789. The molecular weight excluding hydrogens is 240 g/mol. The molecule has 1 aromatic carbocycles. The Balaban J connectivity index is 2.63. The first-order valence-corrected chi connectivity index (χ1v) is 6.24. The van der Waals surface area contributed by atoms with Crippen molar-refractivity contribution in [3.8, 4) is 5.75 Å². The molecule has 0 radical (unpaired) electrons. The molecule has 3 nitrogen and oxygen atoms in total. The third-order valence-electron chi connectivity index (χ3n) is 2.54. The lowest BCUT2D eigenvalue weighted by atomic mass is 9.97. The van der Waals surface area contributed by atoms with Crippen LogP contribution in [0.3, 0.4) is 0 Å². The number of aliphatic carboxylic acids is 1. The molecule has 0 amide bonds. The Hall–Kier alpha value is -1.22. The maximum absolute atomic E-state index is 11.0. The van der Waals surface area contributed by atoms with Crippen LogP contribution in [0.25, 0.3) is 0 Å². The molecule has 1 rings (SSSR count). The Morgan fingerprint density at radius 3 is 2.53 bits per heavy atom. The van der Waals surface area contributed by atoms with E-state index in [9.17, 15) is 4.79 Å². The first-order chi connectivity index (χ1) is 8.19. The number of alkyl halides is 1. The predicted octanol–water partition coefficient (Wildman–Crippen LogP) is 3.27. The van der Waals surface area contributed by atoms with E-state index in [0.29, 0.717) is 18.9 Å². The SMILES string of the molecule is CCC(C(=O)O)c1ccc(OCCCCl)cc1. The summed E-state index contributed by atoms with van der Waals surface area (Å²) in [6.45, 7) is 2.45. The third kappa shape index (κ3) is 4.27. The molecule has 0 heterocycles. The molecule has 4 heteroatoms. The lowest BCUT2D eigenvalue weighted by Crippen LogP contribution is -2.10. The Bertz CT molecular complexity index is 348. The van der Waals surface area contributed by atoms with Crippen molar-refractivity contribution in [3.63, 3.8) is 0 Å². The smallest absolute Gasteiger partial charge is 0.310 e. The largest absolute Gasteiger partial charge is 0.494 e. The van der Waals surface area contributed by atoms with Crippen LogP contribution in [0.2, 0.25) is 0 Å². The summed E-state index contributed by atoms with van der Waals surface area (Å²) in [5.41, 5.74) is 0.810. The van der Waals surface area contributed by atoms with Gasteiger partial charge >= 0.3 is 5.97 Å². The molecule has 0 aliphatic carbocycles. The van der Waals surface area contributed by atoms with Crippen LogP contribution in [0, 0.1) is 0 Å². The Labute approximate surface area is 106 Å². The van der Waals surface area contributed by atoms with Crippen molar-refractivity contribution in [2.75, 3.05) is 12.5 Å². The van der Waals surface area contributed by atoms with Crippen LogP contribution in [-0.4, -0.2) is 23.6 Å². The lowest BCUT2D eigenvalue weighted by molar-refractivity contribution is -0.138. The van der Waals surface area contributed by atoms with Gasteiger partial charge in [-0.25, -0.2) is 0 Å². The molecule has 94 valence electrons. The zero-order valence-corrected chi connectivity index (χ0v) is 10.6. The fraction of sp³-hybridized carbons (Fsp3) is 0.462. The van der Waals surface area contributed by atoms with Gasteiger partial charge in [-0.2, -0.15) is 0 Å². The number of carboxylic acid groups (broad SMARTS) is 1. The Morgan fingerprint density at radius 2 is 2.06 bits per heavy atom. The highest BCUT2D eigenvalue weighted by Crippen LogP contribution is 2.22. The highest BCUT2D eigenvalue weighted by molar-refractivity contribution is 6.17. The van der Waals surface area contributed by atoms with Crippen LogP contribution in [0.4, 0.5) is 0 Å². The molecule has 0 aromatic heterocycles. The quantitative estimate of drug-likeness (QED) is 0.602. The van der Waals surface area contributed by atoms with E-state index in [-0.39, 0.29) is 0 Å². The number of carbonyl (C=O) groups is 1.